The van der Waals surface area contributed by atoms with Gasteiger partial charge in [-0.15, -0.1) is 0 Å². The minimum absolute atomic E-state index is 0.274. The number of hydrogen-bond acceptors (Lipinski definition) is 3. The molecule has 0 aliphatic carbocycles. The predicted molar refractivity (Wildman–Crippen MR) is 79.1 cm³/mol. The van der Waals surface area contributed by atoms with Crippen LogP contribution in [0.15, 0.2) is 30.3 Å². The highest BCUT2D eigenvalue weighted by Crippen LogP contribution is 2.20. The maximum Gasteiger partial charge on any atom is 0.0446 e. The Balaban J connectivity index is 2.11. The topological polar surface area (TPSA) is 26.7 Å². The van der Waals surface area contributed by atoms with Gasteiger partial charge in [-0.05, 0) is 38.9 Å². The lowest BCUT2D eigenvalue weighted by atomic mass is 10.1. The SMILES string of the molecule is CC1CCN(C)CC(CCO)N1Cc1ccccc1. The second kappa shape index (κ2) is 7.04. The van der Waals surface area contributed by atoms with Crippen molar-refractivity contribution in [2.75, 3.05) is 26.7 Å². The Hall–Kier alpha value is -0.900. The van der Waals surface area contributed by atoms with Crippen LogP contribution < -0.4 is 0 Å². The van der Waals surface area contributed by atoms with Crippen molar-refractivity contribution in [1.82, 2.24) is 9.80 Å². The third-order valence-electron chi connectivity index (χ3n) is 4.16. The van der Waals surface area contributed by atoms with Crippen LogP contribution in [0, 0.1) is 0 Å². The maximum atomic E-state index is 9.32. The molecule has 1 heterocycles. The van der Waals surface area contributed by atoms with E-state index in [1.54, 1.807) is 0 Å². The average molecular weight is 262 g/mol. The van der Waals surface area contributed by atoms with Crippen molar-refractivity contribution < 1.29 is 5.11 Å². The molecule has 3 nitrogen and oxygen atoms in total. The highest BCUT2D eigenvalue weighted by atomic mass is 16.3. The number of nitrogens with zero attached hydrogens (tertiary/aromatic N) is 2. The van der Waals surface area contributed by atoms with Gasteiger partial charge in [0.05, 0.1) is 0 Å². The summed E-state index contributed by atoms with van der Waals surface area (Å²) in [5, 5.41) is 9.32. The molecule has 0 aromatic heterocycles. The smallest absolute Gasteiger partial charge is 0.0446 e. The van der Waals surface area contributed by atoms with Gasteiger partial charge in [0.1, 0.15) is 0 Å². The lowest BCUT2D eigenvalue weighted by molar-refractivity contribution is 0.110. The summed E-state index contributed by atoms with van der Waals surface area (Å²) in [7, 11) is 2.18. The second-order valence-corrected chi connectivity index (χ2v) is 5.72. The highest BCUT2D eigenvalue weighted by molar-refractivity contribution is 5.15. The monoisotopic (exact) mass is 262 g/mol. The fourth-order valence-corrected chi connectivity index (χ4v) is 2.97. The minimum atomic E-state index is 0.274. The van der Waals surface area contributed by atoms with Gasteiger partial charge in [0.25, 0.3) is 0 Å². The van der Waals surface area contributed by atoms with Gasteiger partial charge in [-0.2, -0.15) is 0 Å². The number of aliphatic hydroxyl groups excluding tert-OH is 1. The number of rotatable bonds is 4. The Morgan fingerprint density at radius 3 is 2.68 bits per heavy atom. The quantitative estimate of drug-likeness (QED) is 0.898. The first-order valence-corrected chi connectivity index (χ1v) is 7.29. The van der Waals surface area contributed by atoms with E-state index in [1.807, 2.05) is 0 Å². The second-order valence-electron chi connectivity index (χ2n) is 5.72. The van der Waals surface area contributed by atoms with Crippen LogP contribution in [0.3, 0.4) is 0 Å². The van der Waals surface area contributed by atoms with E-state index in [4.69, 9.17) is 0 Å². The van der Waals surface area contributed by atoms with Crippen LogP contribution >= 0.6 is 0 Å². The van der Waals surface area contributed by atoms with E-state index in [0.717, 1.165) is 26.1 Å². The van der Waals surface area contributed by atoms with Crippen LogP contribution in [-0.4, -0.2) is 53.7 Å². The molecule has 1 N–H and O–H groups in total. The van der Waals surface area contributed by atoms with Gasteiger partial charge in [-0.3, -0.25) is 4.90 Å². The van der Waals surface area contributed by atoms with Crippen molar-refractivity contribution in [2.24, 2.45) is 0 Å². The van der Waals surface area contributed by atoms with Crippen molar-refractivity contribution >= 4 is 0 Å². The van der Waals surface area contributed by atoms with E-state index in [1.165, 1.54) is 12.0 Å². The summed E-state index contributed by atoms with van der Waals surface area (Å²) in [5.74, 6) is 0. The van der Waals surface area contributed by atoms with E-state index >= 15 is 0 Å². The van der Waals surface area contributed by atoms with Gasteiger partial charge in [0.2, 0.25) is 0 Å². The molecule has 106 valence electrons. The van der Waals surface area contributed by atoms with Crippen molar-refractivity contribution in [2.45, 2.75) is 38.4 Å². The fourth-order valence-electron chi connectivity index (χ4n) is 2.97. The van der Waals surface area contributed by atoms with Crippen LogP contribution in [0.5, 0.6) is 0 Å². The van der Waals surface area contributed by atoms with Crippen molar-refractivity contribution in [1.29, 1.82) is 0 Å². The summed E-state index contributed by atoms with van der Waals surface area (Å²) in [6.45, 7) is 5.77. The van der Waals surface area contributed by atoms with Crippen molar-refractivity contribution in [3.63, 3.8) is 0 Å². The molecular weight excluding hydrogens is 236 g/mol. The van der Waals surface area contributed by atoms with Crippen molar-refractivity contribution in [3.8, 4) is 0 Å². The Kier molecular flexibility index (Phi) is 5.37. The zero-order valence-electron chi connectivity index (χ0n) is 12.1. The van der Waals surface area contributed by atoms with Gasteiger partial charge in [0.15, 0.2) is 0 Å². The standard InChI is InChI=1S/C16H26N2O/c1-14-8-10-17(2)13-16(9-11-19)18(14)12-15-6-4-3-5-7-15/h3-7,14,16,19H,8-13H2,1-2H3. The Morgan fingerprint density at radius 1 is 1.26 bits per heavy atom. The molecule has 19 heavy (non-hydrogen) atoms. The summed E-state index contributed by atoms with van der Waals surface area (Å²) >= 11 is 0. The van der Waals surface area contributed by atoms with Crippen LogP contribution in [0.2, 0.25) is 0 Å². The maximum absolute atomic E-state index is 9.32. The summed E-state index contributed by atoms with van der Waals surface area (Å²) in [5.41, 5.74) is 1.36. The first kappa shape index (κ1) is 14.5. The third-order valence-corrected chi connectivity index (χ3v) is 4.16. The molecule has 1 fully saturated rings. The summed E-state index contributed by atoms with van der Waals surface area (Å²) in [6, 6.07) is 11.7. The fraction of sp³-hybridized carbons (Fsp3) is 0.625. The first-order valence-electron chi connectivity index (χ1n) is 7.29. The van der Waals surface area contributed by atoms with Crippen molar-refractivity contribution in [3.05, 3.63) is 35.9 Å². The van der Waals surface area contributed by atoms with E-state index in [-0.39, 0.29) is 6.61 Å². The molecular formula is C16H26N2O. The molecule has 2 atom stereocenters. The molecule has 0 radical (unpaired) electrons. The minimum Gasteiger partial charge on any atom is -0.396 e. The molecule has 1 aromatic rings. The summed E-state index contributed by atoms with van der Waals surface area (Å²) in [4.78, 5) is 4.96. The largest absolute Gasteiger partial charge is 0.396 e. The molecule has 0 spiro atoms. The van der Waals surface area contributed by atoms with Crippen LogP contribution in [0.25, 0.3) is 0 Å². The highest BCUT2D eigenvalue weighted by Gasteiger charge is 2.27. The number of likely N-dealkylation sites (N-methyl/N-ethyl adjacent to an activating group) is 1. The van der Waals surface area contributed by atoms with E-state index < -0.39 is 0 Å². The average Bonchev–Trinajstić information content (AvgIpc) is 2.54. The van der Waals surface area contributed by atoms with E-state index in [0.29, 0.717) is 12.1 Å². The number of hydrogen-bond donors (Lipinski definition) is 1. The lowest BCUT2D eigenvalue weighted by Crippen LogP contribution is -2.43. The zero-order valence-corrected chi connectivity index (χ0v) is 12.1. The molecule has 3 heteroatoms. The van der Waals surface area contributed by atoms with Crippen LogP contribution in [0.4, 0.5) is 0 Å². The van der Waals surface area contributed by atoms with Crippen LogP contribution in [-0.2, 0) is 6.54 Å². The molecule has 2 unspecified atom stereocenters. The lowest BCUT2D eigenvalue weighted by Gasteiger charge is -2.34. The molecule has 2 rings (SSSR count). The van der Waals surface area contributed by atoms with E-state index in [2.05, 4.69) is 54.1 Å². The Bertz CT molecular complexity index is 368. The molecule has 1 aliphatic heterocycles. The number of aliphatic hydroxyl groups is 1. The zero-order chi connectivity index (χ0) is 13.7. The Labute approximate surface area is 116 Å². The van der Waals surface area contributed by atoms with E-state index in [9.17, 15) is 5.11 Å². The summed E-state index contributed by atoms with van der Waals surface area (Å²) in [6.07, 6.45) is 2.06. The number of benzene rings is 1. The first-order chi connectivity index (χ1) is 9.20. The molecule has 0 bridgehead atoms. The normalized spacial score (nSPS) is 26.3. The van der Waals surface area contributed by atoms with Gasteiger partial charge >= 0.3 is 0 Å². The molecule has 0 saturated carbocycles. The molecule has 0 amide bonds. The molecule has 1 aliphatic rings. The summed E-state index contributed by atoms with van der Waals surface area (Å²) < 4.78 is 0. The predicted octanol–water partition coefficient (Wildman–Crippen LogP) is 1.96. The van der Waals surface area contributed by atoms with Gasteiger partial charge in [-0.25, -0.2) is 0 Å². The molecule has 1 saturated heterocycles. The van der Waals surface area contributed by atoms with Crippen LogP contribution in [0.1, 0.15) is 25.3 Å². The van der Waals surface area contributed by atoms with Gasteiger partial charge < -0.3 is 10.0 Å². The molecule has 1 aromatic carbocycles. The van der Waals surface area contributed by atoms with Gasteiger partial charge in [0, 0.05) is 31.8 Å². The Morgan fingerprint density at radius 2 is 2.00 bits per heavy atom. The third kappa shape index (κ3) is 4.03. The van der Waals surface area contributed by atoms with Gasteiger partial charge in [-0.1, -0.05) is 30.3 Å².